The lowest BCUT2D eigenvalue weighted by molar-refractivity contribution is 0.409. The van der Waals surface area contributed by atoms with Gasteiger partial charge in [0, 0.05) is 4.47 Å². The lowest BCUT2D eigenvalue weighted by Gasteiger charge is -2.12. The zero-order chi connectivity index (χ0) is 16.3. The van der Waals surface area contributed by atoms with Crippen LogP contribution in [0.15, 0.2) is 45.8 Å². The minimum absolute atomic E-state index is 0.0625. The maximum atomic E-state index is 13.8. The first-order valence-electron chi connectivity index (χ1n) is 6.52. The molecule has 0 aliphatic carbocycles. The molecule has 2 rings (SSSR count). The first-order valence-corrected chi connectivity index (χ1v) is 8.79. The summed E-state index contributed by atoms with van der Waals surface area (Å²) in [6.45, 7) is 1.90. The van der Waals surface area contributed by atoms with Gasteiger partial charge in [0.15, 0.2) is 0 Å². The van der Waals surface area contributed by atoms with Crippen LogP contribution >= 0.6 is 15.9 Å². The van der Waals surface area contributed by atoms with Crippen molar-refractivity contribution in [3.8, 4) is 5.75 Å². The number of sulfonamides is 1. The molecule has 0 radical (unpaired) electrons. The fourth-order valence-electron chi connectivity index (χ4n) is 1.97. The van der Waals surface area contributed by atoms with Crippen LogP contribution in [0.4, 0.5) is 10.1 Å². The summed E-state index contributed by atoms with van der Waals surface area (Å²) in [4.78, 5) is 0.0625. The number of anilines is 1. The van der Waals surface area contributed by atoms with Crippen LogP contribution in [0.25, 0.3) is 0 Å². The number of halogens is 2. The highest BCUT2D eigenvalue weighted by Gasteiger charge is 2.18. The van der Waals surface area contributed by atoms with Gasteiger partial charge in [-0.3, -0.25) is 4.72 Å². The lowest BCUT2D eigenvalue weighted by Crippen LogP contribution is -2.14. The highest BCUT2D eigenvalue weighted by atomic mass is 79.9. The number of rotatable bonds is 5. The second kappa shape index (κ2) is 6.66. The molecule has 7 heteroatoms. The molecule has 0 atom stereocenters. The molecule has 0 amide bonds. The minimum atomic E-state index is -3.87. The van der Waals surface area contributed by atoms with Crippen LogP contribution in [-0.2, 0) is 16.4 Å². The lowest BCUT2D eigenvalue weighted by atomic mass is 10.1. The molecule has 0 saturated heterocycles. The van der Waals surface area contributed by atoms with E-state index in [2.05, 4.69) is 20.7 Å². The highest BCUT2D eigenvalue weighted by Crippen LogP contribution is 2.26. The molecule has 0 saturated carbocycles. The van der Waals surface area contributed by atoms with Crippen molar-refractivity contribution in [2.75, 3.05) is 11.8 Å². The SMILES string of the molecule is CCc1cc(S(=O)(=O)Nc2ccc(Br)cc2F)ccc1OC. The summed E-state index contributed by atoms with van der Waals surface area (Å²) in [5.41, 5.74) is 0.665. The summed E-state index contributed by atoms with van der Waals surface area (Å²) >= 11 is 3.12. The third-order valence-corrected chi connectivity index (χ3v) is 4.97. The van der Waals surface area contributed by atoms with E-state index in [1.807, 2.05) is 6.92 Å². The summed E-state index contributed by atoms with van der Waals surface area (Å²) < 4.78 is 46.5. The molecule has 118 valence electrons. The third-order valence-electron chi connectivity index (χ3n) is 3.12. The minimum Gasteiger partial charge on any atom is -0.496 e. The number of aryl methyl sites for hydroxylation is 1. The molecule has 2 aromatic rings. The van der Waals surface area contributed by atoms with Crippen LogP contribution in [0.2, 0.25) is 0 Å². The van der Waals surface area contributed by atoms with Gasteiger partial charge in [0.25, 0.3) is 10.0 Å². The van der Waals surface area contributed by atoms with Crippen LogP contribution in [0, 0.1) is 5.82 Å². The first kappa shape index (κ1) is 16.8. The van der Waals surface area contributed by atoms with E-state index in [1.165, 1.54) is 31.4 Å². The second-order valence-corrected chi connectivity index (χ2v) is 7.15. The Kier molecular flexibility index (Phi) is 5.08. The molecule has 2 aromatic carbocycles. The molecular formula is C15H15BrFNO3S. The highest BCUT2D eigenvalue weighted by molar-refractivity contribution is 9.10. The van der Waals surface area contributed by atoms with Crippen molar-refractivity contribution in [1.82, 2.24) is 0 Å². The average molecular weight is 388 g/mol. The normalized spacial score (nSPS) is 11.3. The van der Waals surface area contributed by atoms with Gasteiger partial charge in [-0.1, -0.05) is 22.9 Å². The monoisotopic (exact) mass is 387 g/mol. The van der Waals surface area contributed by atoms with E-state index in [9.17, 15) is 12.8 Å². The van der Waals surface area contributed by atoms with Crippen molar-refractivity contribution >= 4 is 31.6 Å². The van der Waals surface area contributed by atoms with Gasteiger partial charge in [-0.25, -0.2) is 12.8 Å². The van der Waals surface area contributed by atoms with E-state index < -0.39 is 15.8 Å². The van der Waals surface area contributed by atoms with Crippen molar-refractivity contribution < 1.29 is 17.5 Å². The van der Waals surface area contributed by atoms with Gasteiger partial charge in [0.1, 0.15) is 11.6 Å². The van der Waals surface area contributed by atoms with E-state index in [4.69, 9.17) is 4.74 Å². The fourth-order valence-corrected chi connectivity index (χ4v) is 3.42. The topological polar surface area (TPSA) is 55.4 Å². The second-order valence-electron chi connectivity index (χ2n) is 4.56. The zero-order valence-electron chi connectivity index (χ0n) is 12.1. The van der Waals surface area contributed by atoms with Crippen LogP contribution < -0.4 is 9.46 Å². The molecule has 1 N–H and O–H groups in total. The Balaban J connectivity index is 2.38. The molecule has 0 aromatic heterocycles. The van der Waals surface area contributed by atoms with E-state index in [0.29, 0.717) is 16.6 Å². The zero-order valence-corrected chi connectivity index (χ0v) is 14.5. The number of methoxy groups -OCH3 is 1. The quantitative estimate of drug-likeness (QED) is 0.844. The van der Waals surface area contributed by atoms with Crippen molar-refractivity contribution in [1.29, 1.82) is 0 Å². The molecule has 0 bridgehead atoms. The number of hydrogen-bond donors (Lipinski definition) is 1. The van der Waals surface area contributed by atoms with E-state index in [-0.39, 0.29) is 10.6 Å². The molecule has 22 heavy (non-hydrogen) atoms. The van der Waals surface area contributed by atoms with Gasteiger partial charge >= 0.3 is 0 Å². The van der Waals surface area contributed by atoms with Crippen LogP contribution in [-0.4, -0.2) is 15.5 Å². The van der Waals surface area contributed by atoms with Gasteiger partial charge in [-0.2, -0.15) is 0 Å². The fraction of sp³-hybridized carbons (Fsp3) is 0.200. The van der Waals surface area contributed by atoms with Crippen LogP contribution in [0.5, 0.6) is 5.75 Å². The third kappa shape index (κ3) is 3.59. The molecule has 0 unspecified atom stereocenters. The van der Waals surface area contributed by atoms with Gasteiger partial charge in [0.05, 0.1) is 17.7 Å². The largest absolute Gasteiger partial charge is 0.496 e. The summed E-state index contributed by atoms with van der Waals surface area (Å²) in [7, 11) is -2.34. The smallest absolute Gasteiger partial charge is 0.262 e. The first-order chi connectivity index (χ1) is 10.4. The Morgan fingerprint density at radius 1 is 1.23 bits per heavy atom. The summed E-state index contributed by atoms with van der Waals surface area (Å²) in [6.07, 6.45) is 0.624. The van der Waals surface area contributed by atoms with Gasteiger partial charge in [-0.05, 0) is 48.4 Å². The van der Waals surface area contributed by atoms with Gasteiger partial charge in [0.2, 0.25) is 0 Å². The van der Waals surface area contributed by atoms with E-state index >= 15 is 0 Å². The predicted molar refractivity (Wildman–Crippen MR) is 87.3 cm³/mol. The average Bonchev–Trinajstić information content (AvgIpc) is 2.49. The van der Waals surface area contributed by atoms with E-state index in [0.717, 1.165) is 5.56 Å². The summed E-state index contributed by atoms with van der Waals surface area (Å²) in [5.74, 6) is -0.0292. The summed E-state index contributed by atoms with van der Waals surface area (Å²) in [6, 6.07) is 8.66. The molecule has 0 heterocycles. The summed E-state index contributed by atoms with van der Waals surface area (Å²) in [5, 5.41) is 0. The van der Waals surface area contributed by atoms with Crippen LogP contribution in [0.1, 0.15) is 12.5 Å². The van der Waals surface area contributed by atoms with Crippen molar-refractivity contribution in [3.63, 3.8) is 0 Å². The molecule has 0 aliphatic heterocycles. The van der Waals surface area contributed by atoms with Gasteiger partial charge in [-0.15, -0.1) is 0 Å². The number of nitrogens with one attached hydrogen (secondary N) is 1. The molecule has 0 fully saturated rings. The molecule has 0 aliphatic rings. The standard InChI is InChI=1S/C15H15BrFNO3S/c1-3-10-8-12(5-7-15(10)21-2)22(19,20)18-14-6-4-11(16)9-13(14)17/h4-9,18H,3H2,1-2H3. The Labute approximate surface area is 137 Å². The Hall–Kier alpha value is -1.60. The molecule has 4 nitrogen and oxygen atoms in total. The molecule has 0 spiro atoms. The Morgan fingerprint density at radius 3 is 2.55 bits per heavy atom. The van der Waals surface area contributed by atoms with E-state index in [1.54, 1.807) is 12.1 Å². The van der Waals surface area contributed by atoms with Crippen molar-refractivity contribution in [2.45, 2.75) is 18.2 Å². The maximum absolute atomic E-state index is 13.8. The number of benzene rings is 2. The Morgan fingerprint density at radius 2 is 1.95 bits per heavy atom. The number of ether oxygens (including phenoxy) is 1. The maximum Gasteiger partial charge on any atom is 0.262 e. The van der Waals surface area contributed by atoms with Crippen LogP contribution in [0.3, 0.4) is 0 Å². The van der Waals surface area contributed by atoms with Gasteiger partial charge < -0.3 is 4.74 Å². The predicted octanol–water partition coefficient (Wildman–Crippen LogP) is 3.96. The van der Waals surface area contributed by atoms with Crippen molar-refractivity contribution in [2.24, 2.45) is 0 Å². The number of hydrogen-bond acceptors (Lipinski definition) is 3. The molecular weight excluding hydrogens is 373 g/mol. The Bertz CT molecular complexity index is 793. The van der Waals surface area contributed by atoms with Crippen molar-refractivity contribution in [3.05, 3.63) is 52.3 Å².